The predicted octanol–water partition coefficient (Wildman–Crippen LogP) is 2.92. The van der Waals surface area contributed by atoms with Gasteiger partial charge >= 0.3 is 15.6 Å². The smallest absolute Gasteiger partial charge is 0.382 e. The van der Waals surface area contributed by atoms with Crippen LogP contribution >= 0.6 is 15.6 Å². The van der Waals surface area contributed by atoms with Gasteiger partial charge in [-0.25, -0.2) is 9.13 Å². The number of anilines is 1. The van der Waals surface area contributed by atoms with Crippen LogP contribution < -0.4 is 5.32 Å². The largest absolute Gasteiger partial charge is 0.466 e. The topological polar surface area (TPSA) is 184 Å². The molecule has 1 heterocycles. The molecule has 2 aromatic rings. The summed E-state index contributed by atoms with van der Waals surface area (Å²) in [4.78, 5) is 50.2. The SMILES string of the molecule is CCN(CC)CCCC(C)Nc1c(C)cnc2c(C)cccc12.O=P(O)(O)O.O=P(O)(O)O. The Kier molecular flexibility index (Phi) is 14.2. The fourth-order valence-electron chi connectivity index (χ4n) is 3.14. The maximum absolute atomic E-state index is 8.88. The standard InChI is InChI=1S/C20H31N3.2H3O4P/c1-6-23(7-2)13-9-11-17(5)22-20-16(4)14-21-19-15(3)10-8-12-18(19)20;2*1-5(2,3)4/h8,10,12,14,17H,6-7,9,11,13H2,1-5H3,(H,21,22);2*(H3,1,2,3,4). The zero-order valence-corrected chi connectivity index (χ0v) is 21.5. The van der Waals surface area contributed by atoms with Gasteiger partial charge in [0.1, 0.15) is 0 Å². The van der Waals surface area contributed by atoms with Crippen LogP contribution in [0, 0.1) is 13.8 Å². The summed E-state index contributed by atoms with van der Waals surface area (Å²) in [6.45, 7) is 14.5. The van der Waals surface area contributed by atoms with Crippen LogP contribution in [0.4, 0.5) is 5.69 Å². The summed E-state index contributed by atoms with van der Waals surface area (Å²) in [5, 5.41) is 4.97. The van der Waals surface area contributed by atoms with E-state index in [1.807, 2.05) is 6.20 Å². The fraction of sp³-hybridized carbons (Fsp3) is 0.550. The van der Waals surface area contributed by atoms with Gasteiger partial charge in [-0.15, -0.1) is 0 Å². The number of hydrogen-bond acceptors (Lipinski definition) is 5. The van der Waals surface area contributed by atoms with Crippen molar-refractivity contribution in [1.82, 2.24) is 9.88 Å². The van der Waals surface area contributed by atoms with Crippen LogP contribution in [0.1, 0.15) is 44.7 Å². The van der Waals surface area contributed by atoms with E-state index in [2.05, 4.69) is 68.0 Å². The molecule has 190 valence electrons. The summed E-state index contributed by atoms with van der Waals surface area (Å²) in [5.74, 6) is 0. The Bertz CT molecular complexity index is 908. The monoisotopic (exact) mass is 509 g/mol. The number of rotatable bonds is 8. The van der Waals surface area contributed by atoms with Gasteiger partial charge in [0.2, 0.25) is 0 Å². The minimum atomic E-state index is -4.64. The van der Waals surface area contributed by atoms with Crippen LogP contribution in [0.25, 0.3) is 10.9 Å². The van der Waals surface area contributed by atoms with E-state index in [0.29, 0.717) is 6.04 Å². The summed E-state index contributed by atoms with van der Waals surface area (Å²) >= 11 is 0. The first kappa shape index (κ1) is 31.6. The summed E-state index contributed by atoms with van der Waals surface area (Å²) in [6.07, 6.45) is 4.41. The van der Waals surface area contributed by atoms with Crippen molar-refractivity contribution in [3.05, 3.63) is 35.5 Å². The molecule has 0 fully saturated rings. The molecule has 13 heteroatoms. The molecule has 1 aromatic heterocycles. The Balaban J connectivity index is 0.000000859. The number of fused-ring (bicyclic) bond motifs is 1. The lowest BCUT2D eigenvalue weighted by molar-refractivity contribution is 0.272. The van der Waals surface area contributed by atoms with Gasteiger partial charge in [-0.2, -0.15) is 0 Å². The highest BCUT2D eigenvalue weighted by Gasteiger charge is 2.11. The van der Waals surface area contributed by atoms with Gasteiger partial charge in [0, 0.05) is 23.3 Å². The number of para-hydroxylation sites is 1. The van der Waals surface area contributed by atoms with Gasteiger partial charge < -0.3 is 39.6 Å². The van der Waals surface area contributed by atoms with E-state index in [0.717, 1.165) is 18.6 Å². The summed E-state index contributed by atoms with van der Waals surface area (Å²) in [6, 6.07) is 6.89. The number of phosphoric acid groups is 2. The fourth-order valence-corrected chi connectivity index (χ4v) is 3.14. The first-order valence-corrected chi connectivity index (χ1v) is 13.6. The first-order valence-electron chi connectivity index (χ1n) is 10.5. The first-order chi connectivity index (χ1) is 15.1. The highest BCUT2D eigenvalue weighted by Crippen LogP contribution is 2.28. The minimum Gasteiger partial charge on any atom is -0.382 e. The van der Waals surface area contributed by atoms with E-state index >= 15 is 0 Å². The van der Waals surface area contributed by atoms with Gasteiger partial charge in [-0.1, -0.05) is 32.0 Å². The number of pyridine rings is 1. The molecule has 0 spiro atoms. The lowest BCUT2D eigenvalue weighted by Gasteiger charge is -2.21. The van der Waals surface area contributed by atoms with Crippen molar-refractivity contribution in [2.75, 3.05) is 25.0 Å². The normalized spacial score (nSPS) is 12.5. The molecule has 0 aliphatic carbocycles. The highest BCUT2D eigenvalue weighted by molar-refractivity contribution is 7.45. The van der Waals surface area contributed by atoms with Crippen molar-refractivity contribution < 1.29 is 38.5 Å². The second-order valence-corrected chi connectivity index (χ2v) is 9.58. The molecule has 2 rings (SSSR count). The Morgan fingerprint density at radius 3 is 1.97 bits per heavy atom. The maximum Gasteiger partial charge on any atom is 0.466 e. The van der Waals surface area contributed by atoms with Crippen LogP contribution in [-0.2, 0) is 9.13 Å². The van der Waals surface area contributed by atoms with Gasteiger partial charge in [0.15, 0.2) is 0 Å². The molecule has 7 N–H and O–H groups in total. The van der Waals surface area contributed by atoms with Crippen molar-refractivity contribution >= 4 is 32.2 Å². The second-order valence-electron chi connectivity index (χ2n) is 7.53. The van der Waals surface area contributed by atoms with E-state index in [1.54, 1.807) is 0 Å². The number of nitrogens with one attached hydrogen (secondary N) is 1. The molecule has 11 nitrogen and oxygen atoms in total. The van der Waals surface area contributed by atoms with Crippen molar-refractivity contribution in [2.45, 2.75) is 53.5 Å². The second kappa shape index (κ2) is 14.8. The lowest BCUT2D eigenvalue weighted by Crippen LogP contribution is -2.25. The Morgan fingerprint density at radius 2 is 1.48 bits per heavy atom. The van der Waals surface area contributed by atoms with Gasteiger partial charge in [0.25, 0.3) is 0 Å². The van der Waals surface area contributed by atoms with E-state index < -0.39 is 15.6 Å². The quantitative estimate of drug-likeness (QED) is 0.260. The van der Waals surface area contributed by atoms with Crippen molar-refractivity contribution in [1.29, 1.82) is 0 Å². The molecule has 33 heavy (non-hydrogen) atoms. The zero-order valence-electron chi connectivity index (χ0n) is 19.7. The molecule has 0 bridgehead atoms. The van der Waals surface area contributed by atoms with E-state index in [1.165, 1.54) is 41.6 Å². The van der Waals surface area contributed by atoms with Crippen LogP contribution in [0.15, 0.2) is 24.4 Å². The maximum atomic E-state index is 8.88. The van der Waals surface area contributed by atoms with Crippen molar-refractivity contribution in [2.24, 2.45) is 0 Å². The Hall–Kier alpha value is -1.39. The predicted molar refractivity (Wildman–Crippen MR) is 130 cm³/mol. The van der Waals surface area contributed by atoms with Crippen molar-refractivity contribution in [3.8, 4) is 0 Å². The molecular formula is C20H37N3O8P2. The highest BCUT2D eigenvalue weighted by atomic mass is 31.2. The molecule has 1 atom stereocenters. The summed E-state index contributed by atoms with van der Waals surface area (Å²) < 4.78 is 17.8. The molecule has 0 aliphatic rings. The molecule has 0 radical (unpaired) electrons. The lowest BCUT2D eigenvalue weighted by atomic mass is 10.1. The molecular weight excluding hydrogens is 472 g/mol. The Labute approximate surface area is 195 Å². The van der Waals surface area contributed by atoms with E-state index in [4.69, 9.17) is 38.5 Å². The molecule has 1 unspecified atom stereocenters. The van der Waals surface area contributed by atoms with Crippen LogP contribution in [0.2, 0.25) is 0 Å². The van der Waals surface area contributed by atoms with E-state index in [9.17, 15) is 0 Å². The third-order valence-electron chi connectivity index (χ3n) is 4.69. The number of benzene rings is 1. The molecule has 0 aliphatic heterocycles. The molecule has 1 aromatic carbocycles. The number of aromatic nitrogens is 1. The van der Waals surface area contributed by atoms with Crippen LogP contribution in [0.3, 0.4) is 0 Å². The molecule has 0 saturated heterocycles. The zero-order chi connectivity index (χ0) is 25.8. The summed E-state index contributed by atoms with van der Waals surface area (Å²) in [5.41, 5.74) is 4.81. The third kappa shape index (κ3) is 16.0. The van der Waals surface area contributed by atoms with Crippen molar-refractivity contribution in [3.63, 3.8) is 0 Å². The average molecular weight is 509 g/mol. The number of nitrogens with zero attached hydrogens (tertiary/aromatic N) is 2. The molecule has 0 saturated carbocycles. The minimum absolute atomic E-state index is 0.468. The third-order valence-corrected chi connectivity index (χ3v) is 4.69. The van der Waals surface area contributed by atoms with Crippen LogP contribution in [-0.4, -0.2) is 64.9 Å². The molecule has 0 amide bonds. The Morgan fingerprint density at radius 1 is 0.970 bits per heavy atom. The summed E-state index contributed by atoms with van der Waals surface area (Å²) in [7, 11) is -9.28. The van der Waals surface area contributed by atoms with E-state index in [-0.39, 0.29) is 0 Å². The van der Waals surface area contributed by atoms with Gasteiger partial charge in [-0.3, -0.25) is 4.98 Å². The van der Waals surface area contributed by atoms with Crippen LogP contribution in [0.5, 0.6) is 0 Å². The van der Waals surface area contributed by atoms with Gasteiger partial charge in [0.05, 0.1) is 5.52 Å². The number of hydrogen-bond donors (Lipinski definition) is 7. The number of aryl methyl sites for hydroxylation is 2. The van der Waals surface area contributed by atoms with Gasteiger partial charge in [-0.05, 0) is 64.4 Å². The average Bonchev–Trinajstić information content (AvgIpc) is 2.65.